The molecule has 0 unspecified atom stereocenters. The summed E-state index contributed by atoms with van der Waals surface area (Å²) in [5.74, 6) is 0.411. The van der Waals surface area contributed by atoms with E-state index in [1.54, 1.807) is 0 Å². The van der Waals surface area contributed by atoms with Gasteiger partial charge in [0.2, 0.25) is 0 Å². The Balaban J connectivity index is 2.64. The van der Waals surface area contributed by atoms with Gasteiger partial charge < -0.3 is 9.15 Å². The second-order valence-corrected chi connectivity index (χ2v) is 3.72. The summed E-state index contributed by atoms with van der Waals surface area (Å²) in [7, 11) is 1.41. The summed E-state index contributed by atoms with van der Waals surface area (Å²) in [6.45, 7) is 0. The van der Waals surface area contributed by atoms with Crippen molar-refractivity contribution < 1.29 is 22.3 Å². The normalized spacial score (nSPS) is 11.6. The number of hydrogen-bond acceptors (Lipinski definition) is 4. The molecular formula is C12H8F3NO3. The Hall–Kier alpha value is -2.31. The summed E-state index contributed by atoms with van der Waals surface area (Å²) in [4.78, 5) is 11.5. The molecule has 0 saturated heterocycles. The smallest absolute Gasteiger partial charge is 0.433 e. The Bertz CT molecular complexity index is 703. The molecule has 0 atom stereocenters. The van der Waals surface area contributed by atoms with Crippen molar-refractivity contribution in [3.05, 3.63) is 40.2 Å². The van der Waals surface area contributed by atoms with Crippen LogP contribution in [0.1, 0.15) is 5.56 Å². The molecule has 0 aliphatic rings. The van der Waals surface area contributed by atoms with E-state index < -0.39 is 23.1 Å². The number of halogens is 3. The van der Waals surface area contributed by atoms with E-state index in [4.69, 9.17) is 14.6 Å². The molecule has 100 valence electrons. The van der Waals surface area contributed by atoms with Gasteiger partial charge in [-0.05, 0) is 18.2 Å². The lowest BCUT2D eigenvalue weighted by atomic mass is 10.1. The molecule has 2 rings (SSSR count). The van der Waals surface area contributed by atoms with Gasteiger partial charge in [-0.2, -0.15) is 13.2 Å². The minimum absolute atomic E-state index is 0.100. The highest BCUT2D eigenvalue weighted by atomic mass is 19.4. The van der Waals surface area contributed by atoms with E-state index in [2.05, 4.69) is 0 Å². The molecule has 1 heterocycles. The van der Waals surface area contributed by atoms with E-state index in [9.17, 15) is 18.0 Å². The van der Waals surface area contributed by atoms with E-state index in [1.807, 2.05) is 0 Å². The van der Waals surface area contributed by atoms with Gasteiger partial charge in [0.15, 0.2) is 5.71 Å². The topological polar surface area (TPSA) is 63.3 Å². The van der Waals surface area contributed by atoms with Gasteiger partial charge in [-0.15, -0.1) is 0 Å². The highest BCUT2D eigenvalue weighted by Gasteiger charge is 2.37. The number of rotatable bonds is 2. The van der Waals surface area contributed by atoms with Gasteiger partial charge in [0.1, 0.15) is 11.3 Å². The standard InChI is InChI=1S/C12H8F3NO3/c1-18-7-3-2-6-4-8(10(16)12(13,14)15)11(17)19-9(6)5-7/h2-5,16H,1H3. The van der Waals surface area contributed by atoms with Crippen LogP contribution in [0.3, 0.4) is 0 Å². The second-order valence-electron chi connectivity index (χ2n) is 3.72. The summed E-state index contributed by atoms with van der Waals surface area (Å²) in [5, 5.41) is 7.25. The Morgan fingerprint density at radius 1 is 1.32 bits per heavy atom. The van der Waals surface area contributed by atoms with Crippen LogP contribution >= 0.6 is 0 Å². The van der Waals surface area contributed by atoms with Crippen molar-refractivity contribution in [1.82, 2.24) is 0 Å². The van der Waals surface area contributed by atoms with Crippen LogP contribution in [0.15, 0.2) is 33.5 Å². The number of methoxy groups -OCH3 is 1. The molecule has 1 aromatic heterocycles. The Labute approximate surface area is 104 Å². The van der Waals surface area contributed by atoms with Gasteiger partial charge in [-0.1, -0.05) is 0 Å². The molecule has 0 aliphatic carbocycles. The molecule has 0 spiro atoms. The summed E-state index contributed by atoms with van der Waals surface area (Å²) in [5.41, 5.74) is -3.64. The zero-order valence-corrected chi connectivity index (χ0v) is 9.67. The van der Waals surface area contributed by atoms with Crippen molar-refractivity contribution in [2.75, 3.05) is 7.11 Å². The molecule has 0 amide bonds. The fourth-order valence-electron chi connectivity index (χ4n) is 1.55. The molecule has 0 aliphatic heterocycles. The maximum atomic E-state index is 12.4. The molecule has 4 nitrogen and oxygen atoms in total. The summed E-state index contributed by atoms with van der Waals surface area (Å²) < 4.78 is 46.9. The van der Waals surface area contributed by atoms with Gasteiger partial charge in [0, 0.05) is 11.5 Å². The third kappa shape index (κ3) is 2.44. The molecule has 0 bridgehead atoms. The highest BCUT2D eigenvalue weighted by Crippen LogP contribution is 2.24. The molecule has 0 saturated carbocycles. The number of nitrogens with one attached hydrogen (secondary N) is 1. The van der Waals surface area contributed by atoms with Crippen LogP contribution in [0.25, 0.3) is 11.0 Å². The second kappa shape index (κ2) is 4.42. The lowest BCUT2D eigenvalue weighted by Crippen LogP contribution is -2.28. The third-order valence-electron chi connectivity index (χ3n) is 2.50. The van der Waals surface area contributed by atoms with Crippen LogP contribution in [-0.4, -0.2) is 19.0 Å². The van der Waals surface area contributed by atoms with Crippen molar-refractivity contribution in [3.8, 4) is 5.75 Å². The minimum Gasteiger partial charge on any atom is -0.497 e. The average Bonchev–Trinajstić information content (AvgIpc) is 2.35. The molecule has 1 N–H and O–H groups in total. The number of alkyl halides is 3. The molecule has 0 fully saturated rings. The molecular weight excluding hydrogens is 263 g/mol. The summed E-state index contributed by atoms with van der Waals surface area (Å²) >= 11 is 0. The van der Waals surface area contributed by atoms with E-state index in [0.717, 1.165) is 6.07 Å². The van der Waals surface area contributed by atoms with E-state index in [0.29, 0.717) is 5.75 Å². The predicted molar refractivity (Wildman–Crippen MR) is 61.9 cm³/mol. The Kier molecular flexibility index (Phi) is 3.05. The first-order valence-corrected chi connectivity index (χ1v) is 5.11. The highest BCUT2D eigenvalue weighted by molar-refractivity contribution is 6.03. The van der Waals surface area contributed by atoms with Crippen LogP contribution in [0.5, 0.6) is 5.75 Å². The van der Waals surface area contributed by atoms with Crippen molar-refractivity contribution in [2.24, 2.45) is 0 Å². The summed E-state index contributed by atoms with van der Waals surface area (Å²) in [6, 6.07) is 5.34. The first-order chi connectivity index (χ1) is 8.82. The van der Waals surface area contributed by atoms with Gasteiger partial charge in [0.25, 0.3) is 0 Å². The van der Waals surface area contributed by atoms with Gasteiger partial charge >= 0.3 is 11.8 Å². The zero-order valence-electron chi connectivity index (χ0n) is 9.67. The first kappa shape index (κ1) is 13.1. The van der Waals surface area contributed by atoms with Crippen molar-refractivity contribution in [3.63, 3.8) is 0 Å². The Morgan fingerprint density at radius 2 is 2.00 bits per heavy atom. The van der Waals surface area contributed by atoms with Crippen molar-refractivity contribution in [1.29, 1.82) is 5.41 Å². The first-order valence-electron chi connectivity index (χ1n) is 5.11. The van der Waals surface area contributed by atoms with Crippen LogP contribution < -0.4 is 10.4 Å². The maximum Gasteiger partial charge on any atom is 0.433 e. The lowest BCUT2D eigenvalue weighted by Gasteiger charge is -2.08. The third-order valence-corrected chi connectivity index (χ3v) is 2.50. The largest absolute Gasteiger partial charge is 0.497 e. The molecule has 7 heteroatoms. The number of benzene rings is 1. The molecule has 2 aromatic rings. The monoisotopic (exact) mass is 271 g/mol. The average molecular weight is 271 g/mol. The lowest BCUT2D eigenvalue weighted by molar-refractivity contribution is -0.0589. The fraction of sp³-hybridized carbons (Fsp3) is 0.167. The predicted octanol–water partition coefficient (Wildman–Crippen LogP) is 2.73. The summed E-state index contributed by atoms with van der Waals surface area (Å²) in [6.07, 6.45) is -4.89. The van der Waals surface area contributed by atoms with Crippen molar-refractivity contribution in [2.45, 2.75) is 6.18 Å². The van der Waals surface area contributed by atoms with E-state index in [1.165, 1.54) is 25.3 Å². The van der Waals surface area contributed by atoms with Crippen LogP contribution in [0, 0.1) is 5.41 Å². The molecule has 1 aromatic carbocycles. The quantitative estimate of drug-likeness (QED) is 0.674. The number of fused-ring (bicyclic) bond motifs is 1. The van der Waals surface area contributed by atoms with Gasteiger partial charge in [0.05, 0.1) is 12.7 Å². The van der Waals surface area contributed by atoms with Crippen LogP contribution in [-0.2, 0) is 0 Å². The molecule has 0 radical (unpaired) electrons. The minimum atomic E-state index is -4.89. The van der Waals surface area contributed by atoms with Gasteiger partial charge in [-0.25, -0.2) is 4.79 Å². The van der Waals surface area contributed by atoms with Gasteiger partial charge in [-0.3, -0.25) is 5.41 Å². The van der Waals surface area contributed by atoms with Crippen LogP contribution in [0.2, 0.25) is 0 Å². The van der Waals surface area contributed by atoms with E-state index in [-0.39, 0.29) is 11.0 Å². The van der Waals surface area contributed by atoms with Crippen molar-refractivity contribution >= 4 is 16.7 Å². The fourth-order valence-corrected chi connectivity index (χ4v) is 1.55. The number of hydrogen-bond donors (Lipinski definition) is 1. The Morgan fingerprint density at radius 3 is 2.58 bits per heavy atom. The number of ether oxygens (including phenoxy) is 1. The maximum absolute atomic E-state index is 12.4. The zero-order chi connectivity index (χ0) is 14.2. The van der Waals surface area contributed by atoms with Crippen LogP contribution in [0.4, 0.5) is 13.2 Å². The van der Waals surface area contributed by atoms with E-state index >= 15 is 0 Å². The molecule has 19 heavy (non-hydrogen) atoms. The SMILES string of the molecule is COc1ccc2cc(C(=N)C(F)(F)F)c(=O)oc2c1.